The van der Waals surface area contributed by atoms with Crippen LogP contribution in [0.4, 0.5) is 0 Å². The lowest BCUT2D eigenvalue weighted by atomic mass is 10.0. The van der Waals surface area contributed by atoms with Gasteiger partial charge in [-0.3, -0.25) is 9.89 Å². The number of ether oxygens (including phenoxy) is 1. The second kappa shape index (κ2) is 11.6. The van der Waals surface area contributed by atoms with Crippen LogP contribution < -0.4 is 15.4 Å². The van der Waals surface area contributed by atoms with E-state index in [9.17, 15) is 0 Å². The molecule has 0 bridgehead atoms. The molecule has 0 aliphatic carbocycles. The minimum absolute atomic E-state index is 0. The van der Waals surface area contributed by atoms with Gasteiger partial charge in [0.1, 0.15) is 5.75 Å². The molecule has 0 radical (unpaired) electrons. The van der Waals surface area contributed by atoms with Crippen molar-refractivity contribution in [2.75, 3.05) is 33.3 Å². The molecular formula is C19H33IN4O. The van der Waals surface area contributed by atoms with Gasteiger partial charge in [0.25, 0.3) is 0 Å². The molecule has 2 N–H and O–H groups in total. The summed E-state index contributed by atoms with van der Waals surface area (Å²) in [7, 11) is 1.74. The number of nitrogens with one attached hydrogen (secondary N) is 2. The van der Waals surface area contributed by atoms with E-state index in [1.165, 1.54) is 18.4 Å². The Morgan fingerprint density at radius 2 is 1.92 bits per heavy atom. The minimum atomic E-state index is 0. The average Bonchev–Trinajstić information content (AvgIpc) is 3.09. The highest BCUT2D eigenvalue weighted by molar-refractivity contribution is 14.0. The number of rotatable bonds is 7. The molecule has 1 fully saturated rings. The number of methoxy groups -OCH3 is 1. The highest BCUT2D eigenvalue weighted by atomic mass is 127. The summed E-state index contributed by atoms with van der Waals surface area (Å²) in [4.78, 5) is 7.38. The molecule has 0 aromatic heterocycles. The van der Waals surface area contributed by atoms with Crippen molar-refractivity contribution in [1.82, 2.24) is 15.5 Å². The first-order valence-electron chi connectivity index (χ1n) is 9.07. The number of likely N-dealkylation sites (tertiary alicyclic amines) is 1. The molecule has 0 saturated carbocycles. The lowest BCUT2D eigenvalue weighted by Gasteiger charge is -2.28. The van der Waals surface area contributed by atoms with Gasteiger partial charge < -0.3 is 15.4 Å². The van der Waals surface area contributed by atoms with Crippen LogP contribution in [-0.2, 0) is 0 Å². The SMILES string of the molecule is CCNC(=NCC(c1ccccc1OC)N1CCCC1)NC(C)C.I. The molecule has 5 nitrogen and oxygen atoms in total. The Balaban J connectivity index is 0.00000312. The van der Waals surface area contributed by atoms with E-state index < -0.39 is 0 Å². The minimum Gasteiger partial charge on any atom is -0.496 e. The van der Waals surface area contributed by atoms with Crippen molar-refractivity contribution in [2.45, 2.75) is 45.7 Å². The zero-order valence-electron chi connectivity index (χ0n) is 15.9. The summed E-state index contributed by atoms with van der Waals surface area (Å²) in [5, 5.41) is 6.72. The van der Waals surface area contributed by atoms with Gasteiger partial charge in [0, 0.05) is 18.2 Å². The fourth-order valence-corrected chi connectivity index (χ4v) is 3.18. The number of benzene rings is 1. The maximum absolute atomic E-state index is 5.60. The van der Waals surface area contributed by atoms with Crippen LogP contribution in [0, 0.1) is 0 Å². The molecule has 1 atom stereocenters. The van der Waals surface area contributed by atoms with Gasteiger partial charge in [0.05, 0.1) is 19.7 Å². The van der Waals surface area contributed by atoms with Crippen molar-refractivity contribution in [3.05, 3.63) is 29.8 Å². The third-order valence-electron chi connectivity index (χ3n) is 4.27. The van der Waals surface area contributed by atoms with Gasteiger partial charge in [0.2, 0.25) is 0 Å². The molecule has 1 heterocycles. The zero-order valence-corrected chi connectivity index (χ0v) is 18.2. The van der Waals surface area contributed by atoms with Gasteiger partial charge in [-0.05, 0) is 52.8 Å². The second-order valence-electron chi connectivity index (χ2n) is 6.52. The third kappa shape index (κ3) is 6.66. The number of hydrogen-bond acceptors (Lipinski definition) is 3. The summed E-state index contributed by atoms with van der Waals surface area (Å²) < 4.78 is 5.60. The van der Waals surface area contributed by atoms with Crippen LogP contribution >= 0.6 is 24.0 Å². The number of guanidine groups is 1. The molecule has 0 amide bonds. The highest BCUT2D eigenvalue weighted by Gasteiger charge is 2.25. The van der Waals surface area contributed by atoms with Gasteiger partial charge in [0.15, 0.2) is 5.96 Å². The van der Waals surface area contributed by atoms with E-state index >= 15 is 0 Å². The van der Waals surface area contributed by atoms with Crippen LogP contribution in [-0.4, -0.2) is 50.2 Å². The van der Waals surface area contributed by atoms with Crippen molar-refractivity contribution in [3.63, 3.8) is 0 Å². The fraction of sp³-hybridized carbons (Fsp3) is 0.632. The van der Waals surface area contributed by atoms with Crippen LogP contribution in [0.15, 0.2) is 29.3 Å². The largest absolute Gasteiger partial charge is 0.496 e. The summed E-state index contributed by atoms with van der Waals surface area (Å²) >= 11 is 0. The van der Waals surface area contributed by atoms with Gasteiger partial charge >= 0.3 is 0 Å². The molecular weight excluding hydrogens is 427 g/mol. The van der Waals surface area contributed by atoms with Gasteiger partial charge in [-0.15, -0.1) is 24.0 Å². The lowest BCUT2D eigenvalue weighted by Crippen LogP contribution is -2.41. The number of aliphatic imine (C=N–C) groups is 1. The van der Waals surface area contributed by atoms with E-state index in [1.54, 1.807) is 7.11 Å². The highest BCUT2D eigenvalue weighted by Crippen LogP contribution is 2.31. The van der Waals surface area contributed by atoms with Crippen LogP contribution in [0.25, 0.3) is 0 Å². The summed E-state index contributed by atoms with van der Waals surface area (Å²) in [5.41, 5.74) is 1.23. The Labute approximate surface area is 169 Å². The monoisotopic (exact) mass is 460 g/mol. The molecule has 6 heteroatoms. The van der Waals surface area contributed by atoms with Crippen LogP contribution in [0.2, 0.25) is 0 Å². The number of nitrogens with zero attached hydrogens (tertiary/aromatic N) is 2. The van der Waals surface area contributed by atoms with E-state index in [0.29, 0.717) is 6.04 Å². The fourth-order valence-electron chi connectivity index (χ4n) is 3.18. The molecule has 2 rings (SSSR count). The normalized spacial score (nSPS) is 16.4. The molecule has 1 aliphatic heterocycles. The molecule has 1 aromatic carbocycles. The van der Waals surface area contributed by atoms with E-state index in [2.05, 4.69) is 48.4 Å². The van der Waals surface area contributed by atoms with Crippen LogP contribution in [0.5, 0.6) is 5.75 Å². The quantitative estimate of drug-likeness (QED) is 0.372. The van der Waals surface area contributed by atoms with E-state index in [4.69, 9.17) is 9.73 Å². The van der Waals surface area contributed by atoms with Crippen molar-refractivity contribution >= 4 is 29.9 Å². The molecule has 142 valence electrons. The molecule has 1 saturated heterocycles. The van der Waals surface area contributed by atoms with Crippen molar-refractivity contribution < 1.29 is 4.74 Å². The van der Waals surface area contributed by atoms with Crippen molar-refractivity contribution in [1.29, 1.82) is 0 Å². The van der Waals surface area contributed by atoms with E-state index in [-0.39, 0.29) is 30.0 Å². The van der Waals surface area contributed by atoms with Crippen molar-refractivity contribution in [2.24, 2.45) is 4.99 Å². The van der Waals surface area contributed by atoms with E-state index in [1.807, 2.05) is 12.1 Å². The molecule has 25 heavy (non-hydrogen) atoms. The topological polar surface area (TPSA) is 48.9 Å². The third-order valence-corrected chi connectivity index (χ3v) is 4.27. The maximum Gasteiger partial charge on any atom is 0.191 e. The Kier molecular flexibility index (Phi) is 10.2. The van der Waals surface area contributed by atoms with Gasteiger partial charge in [-0.2, -0.15) is 0 Å². The number of halogens is 1. The molecule has 1 aliphatic rings. The summed E-state index contributed by atoms with van der Waals surface area (Å²) in [6, 6.07) is 8.93. The lowest BCUT2D eigenvalue weighted by molar-refractivity contribution is 0.245. The predicted octanol–water partition coefficient (Wildman–Crippen LogP) is 3.41. The molecule has 1 aromatic rings. The van der Waals surface area contributed by atoms with Gasteiger partial charge in [-0.25, -0.2) is 0 Å². The zero-order chi connectivity index (χ0) is 17.4. The number of hydrogen-bond donors (Lipinski definition) is 2. The van der Waals surface area contributed by atoms with Crippen LogP contribution in [0.3, 0.4) is 0 Å². The Morgan fingerprint density at radius 3 is 2.52 bits per heavy atom. The number of para-hydroxylation sites is 1. The Bertz CT molecular complexity index is 530. The maximum atomic E-state index is 5.60. The second-order valence-corrected chi connectivity index (χ2v) is 6.52. The molecule has 0 spiro atoms. The standard InChI is InChI=1S/C19H32N4O.HI/c1-5-20-19(22-15(2)3)21-14-17(23-12-8-9-13-23)16-10-6-7-11-18(16)24-4;/h6-7,10-11,15,17H,5,8-9,12-14H2,1-4H3,(H2,20,21,22);1H. The predicted molar refractivity (Wildman–Crippen MR) is 116 cm³/mol. The van der Waals surface area contributed by atoms with E-state index in [0.717, 1.165) is 37.9 Å². The first-order chi connectivity index (χ1) is 11.7. The molecule has 1 unspecified atom stereocenters. The first kappa shape index (κ1) is 22.0. The van der Waals surface area contributed by atoms with Crippen molar-refractivity contribution in [3.8, 4) is 5.75 Å². The Hall–Kier alpha value is -1.02. The first-order valence-corrected chi connectivity index (χ1v) is 9.07. The Morgan fingerprint density at radius 1 is 1.24 bits per heavy atom. The average molecular weight is 460 g/mol. The summed E-state index contributed by atoms with van der Waals surface area (Å²) in [6.45, 7) is 10.2. The summed E-state index contributed by atoms with van der Waals surface area (Å²) in [5.74, 6) is 1.83. The van der Waals surface area contributed by atoms with Gasteiger partial charge in [-0.1, -0.05) is 18.2 Å². The summed E-state index contributed by atoms with van der Waals surface area (Å²) in [6.07, 6.45) is 2.53. The van der Waals surface area contributed by atoms with Crippen LogP contribution in [0.1, 0.15) is 45.2 Å². The smallest absolute Gasteiger partial charge is 0.191 e.